The molecular weight excluding hydrogens is 300 g/mol. The first-order valence-electron chi connectivity index (χ1n) is 5.47. The van der Waals surface area contributed by atoms with Crippen LogP contribution < -0.4 is 5.32 Å². The van der Waals surface area contributed by atoms with Crippen LogP contribution in [0.4, 0.5) is 5.82 Å². The van der Waals surface area contributed by atoms with E-state index in [1.165, 1.54) is 0 Å². The van der Waals surface area contributed by atoms with Crippen molar-refractivity contribution in [1.29, 1.82) is 0 Å². The molecule has 0 aliphatic carbocycles. The molecule has 18 heavy (non-hydrogen) atoms. The van der Waals surface area contributed by atoms with E-state index in [0.717, 1.165) is 10.9 Å². The fraction of sp³-hybridized carbons (Fsp3) is 0.364. The Balaban J connectivity index is 2.12. The molecule has 0 spiro atoms. The second kappa shape index (κ2) is 5.45. The third-order valence-electron chi connectivity index (χ3n) is 2.22. The number of hydrogen-bond donors (Lipinski definition) is 2. The number of H-pyrrole nitrogens is 1. The Morgan fingerprint density at radius 1 is 1.61 bits per heavy atom. The van der Waals surface area contributed by atoms with Gasteiger partial charge in [0.05, 0.1) is 17.8 Å². The first-order valence-corrected chi connectivity index (χ1v) is 6.26. The Bertz CT molecular complexity index is 567. The molecule has 7 heteroatoms. The monoisotopic (exact) mass is 312 g/mol. The highest BCUT2D eigenvalue weighted by Gasteiger charge is 2.10. The van der Waals surface area contributed by atoms with Crippen LogP contribution >= 0.6 is 15.9 Å². The quantitative estimate of drug-likeness (QED) is 0.847. The molecular formula is C11H13BrN4O2. The van der Waals surface area contributed by atoms with Crippen LogP contribution in [0.2, 0.25) is 0 Å². The lowest BCUT2D eigenvalue weighted by Crippen LogP contribution is -2.20. The zero-order valence-electron chi connectivity index (χ0n) is 10.0. The average Bonchev–Trinajstić information content (AvgIpc) is 2.69. The number of fused-ring (bicyclic) bond motifs is 1. The molecule has 6 nitrogen and oxygen atoms in total. The van der Waals surface area contributed by atoms with Gasteiger partial charge in [0, 0.05) is 5.39 Å². The van der Waals surface area contributed by atoms with Crippen molar-refractivity contribution in [3.8, 4) is 0 Å². The van der Waals surface area contributed by atoms with Crippen molar-refractivity contribution in [2.75, 3.05) is 11.9 Å². The third-order valence-corrected chi connectivity index (χ3v) is 2.65. The number of hydrogen-bond acceptors (Lipinski definition) is 4. The molecule has 0 saturated heterocycles. The molecule has 0 unspecified atom stereocenters. The van der Waals surface area contributed by atoms with E-state index in [-0.39, 0.29) is 18.6 Å². The highest BCUT2D eigenvalue weighted by Crippen LogP contribution is 2.22. The lowest BCUT2D eigenvalue weighted by atomic mass is 10.3. The highest BCUT2D eigenvalue weighted by atomic mass is 79.9. The summed E-state index contributed by atoms with van der Waals surface area (Å²) in [5.41, 5.74) is 0.762. The maximum atomic E-state index is 11.6. The van der Waals surface area contributed by atoms with Crippen molar-refractivity contribution < 1.29 is 9.53 Å². The minimum atomic E-state index is -0.231. The van der Waals surface area contributed by atoms with Crippen LogP contribution in [0.5, 0.6) is 0 Å². The largest absolute Gasteiger partial charge is 0.369 e. The Morgan fingerprint density at radius 3 is 3.11 bits per heavy atom. The van der Waals surface area contributed by atoms with Crippen molar-refractivity contribution >= 4 is 38.6 Å². The molecule has 2 heterocycles. The summed E-state index contributed by atoms with van der Waals surface area (Å²) < 4.78 is 5.90. The summed E-state index contributed by atoms with van der Waals surface area (Å²) in [6, 6.07) is 1.79. The molecule has 2 aromatic heterocycles. The summed E-state index contributed by atoms with van der Waals surface area (Å²) in [7, 11) is 0. The van der Waals surface area contributed by atoms with Crippen molar-refractivity contribution in [2.24, 2.45) is 0 Å². The van der Waals surface area contributed by atoms with Gasteiger partial charge >= 0.3 is 0 Å². The van der Waals surface area contributed by atoms with Crippen LogP contribution in [-0.2, 0) is 9.53 Å². The molecule has 2 N–H and O–H groups in total. The molecule has 0 aliphatic rings. The minimum Gasteiger partial charge on any atom is -0.369 e. The predicted molar refractivity (Wildman–Crippen MR) is 71.3 cm³/mol. The number of rotatable bonds is 4. The van der Waals surface area contributed by atoms with Crippen LogP contribution in [0.15, 0.2) is 16.9 Å². The normalized spacial score (nSPS) is 11.1. The first kappa shape index (κ1) is 13.0. The van der Waals surface area contributed by atoms with E-state index in [2.05, 4.69) is 36.4 Å². The molecule has 0 atom stereocenters. The summed E-state index contributed by atoms with van der Waals surface area (Å²) in [5, 5.41) is 10.3. The van der Waals surface area contributed by atoms with E-state index < -0.39 is 0 Å². The van der Waals surface area contributed by atoms with Gasteiger partial charge in [-0.05, 0) is 35.8 Å². The standard InChI is InChI=1S/C11H13BrN4O2/c1-6(2)18-5-10(17)14-11-7-3-9(12)13-4-8(7)15-16-11/h3-4,6H,5H2,1-2H3,(H2,14,15,16,17). The maximum absolute atomic E-state index is 11.6. The summed E-state index contributed by atoms with van der Waals surface area (Å²) in [4.78, 5) is 15.7. The van der Waals surface area contributed by atoms with E-state index in [1.54, 1.807) is 12.3 Å². The van der Waals surface area contributed by atoms with Gasteiger partial charge in [0.25, 0.3) is 5.91 Å². The Hall–Kier alpha value is -1.47. The lowest BCUT2D eigenvalue weighted by molar-refractivity contribution is -0.121. The Labute approximate surface area is 112 Å². The van der Waals surface area contributed by atoms with E-state index in [4.69, 9.17) is 4.74 Å². The zero-order chi connectivity index (χ0) is 13.1. The summed E-state index contributed by atoms with van der Waals surface area (Å²) in [5.74, 6) is 0.246. The number of anilines is 1. The Morgan fingerprint density at radius 2 is 2.39 bits per heavy atom. The topological polar surface area (TPSA) is 79.9 Å². The number of halogens is 1. The molecule has 0 radical (unpaired) electrons. The summed E-state index contributed by atoms with van der Waals surface area (Å²) >= 11 is 3.28. The number of nitrogens with zero attached hydrogens (tertiary/aromatic N) is 2. The summed E-state index contributed by atoms with van der Waals surface area (Å²) in [6.45, 7) is 3.76. The van der Waals surface area contributed by atoms with Crippen LogP contribution in [-0.4, -0.2) is 33.8 Å². The number of carbonyl (C=O) groups excluding carboxylic acids is 1. The third kappa shape index (κ3) is 3.05. The van der Waals surface area contributed by atoms with E-state index in [1.807, 2.05) is 13.8 Å². The number of pyridine rings is 1. The maximum Gasteiger partial charge on any atom is 0.251 e. The van der Waals surface area contributed by atoms with Crippen molar-refractivity contribution in [3.63, 3.8) is 0 Å². The fourth-order valence-corrected chi connectivity index (χ4v) is 1.73. The van der Waals surface area contributed by atoms with Crippen molar-refractivity contribution in [1.82, 2.24) is 15.2 Å². The molecule has 0 fully saturated rings. The number of aromatic nitrogens is 3. The number of carbonyl (C=O) groups is 1. The molecule has 0 aromatic carbocycles. The summed E-state index contributed by atoms with van der Waals surface area (Å²) in [6.07, 6.45) is 1.66. The van der Waals surface area contributed by atoms with Gasteiger partial charge < -0.3 is 10.1 Å². The molecule has 0 aliphatic heterocycles. The minimum absolute atomic E-state index is 0.0122. The molecule has 1 amide bonds. The van der Waals surface area contributed by atoms with Gasteiger partial charge in [0.15, 0.2) is 5.82 Å². The van der Waals surface area contributed by atoms with Gasteiger partial charge in [-0.2, -0.15) is 5.10 Å². The van der Waals surface area contributed by atoms with Gasteiger partial charge in [0.2, 0.25) is 0 Å². The molecule has 0 saturated carbocycles. The number of aromatic amines is 1. The van der Waals surface area contributed by atoms with Crippen LogP contribution in [0.1, 0.15) is 13.8 Å². The molecule has 2 aromatic rings. The van der Waals surface area contributed by atoms with Crippen LogP contribution in [0, 0.1) is 0 Å². The van der Waals surface area contributed by atoms with Gasteiger partial charge in [-0.25, -0.2) is 4.98 Å². The van der Waals surface area contributed by atoms with E-state index in [0.29, 0.717) is 10.4 Å². The molecule has 96 valence electrons. The lowest BCUT2D eigenvalue weighted by Gasteiger charge is -2.06. The number of ether oxygens (including phenoxy) is 1. The first-order chi connectivity index (χ1) is 8.56. The van der Waals surface area contributed by atoms with E-state index in [9.17, 15) is 4.79 Å². The average molecular weight is 313 g/mol. The molecule has 2 rings (SSSR count). The predicted octanol–water partition coefficient (Wildman–Crippen LogP) is 2.08. The fourth-order valence-electron chi connectivity index (χ4n) is 1.40. The van der Waals surface area contributed by atoms with Crippen LogP contribution in [0.3, 0.4) is 0 Å². The van der Waals surface area contributed by atoms with E-state index >= 15 is 0 Å². The SMILES string of the molecule is CC(C)OCC(=O)Nc1n[nH]c2cnc(Br)cc12. The van der Waals surface area contributed by atoms with Gasteiger partial charge in [-0.1, -0.05) is 0 Å². The van der Waals surface area contributed by atoms with Gasteiger partial charge in [-0.3, -0.25) is 9.89 Å². The number of nitrogens with one attached hydrogen (secondary N) is 2. The highest BCUT2D eigenvalue weighted by molar-refractivity contribution is 9.10. The number of amides is 1. The second-order valence-corrected chi connectivity index (χ2v) is 4.85. The van der Waals surface area contributed by atoms with Gasteiger partial charge in [0.1, 0.15) is 11.2 Å². The van der Waals surface area contributed by atoms with Gasteiger partial charge in [-0.15, -0.1) is 0 Å². The van der Waals surface area contributed by atoms with Crippen molar-refractivity contribution in [2.45, 2.75) is 20.0 Å². The molecule has 0 bridgehead atoms. The smallest absolute Gasteiger partial charge is 0.251 e. The second-order valence-electron chi connectivity index (χ2n) is 4.03. The Kier molecular flexibility index (Phi) is 3.93. The van der Waals surface area contributed by atoms with Crippen molar-refractivity contribution in [3.05, 3.63) is 16.9 Å². The van der Waals surface area contributed by atoms with Crippen LogP contribution in [0.25, 0.3) is 10.9 Å². The zero-order valence-corrected chi connectivity index (χ0v) is 11.6.